The van der Waals surface area contributed by atoms with Gasteiger partial charge in [0.2, 0.25) is 0 Å². The summed E-state index contributed by atoms with van der Waals surface area (Å²) in [6, 6.07) is 12.4. The number of hydrogen-bond acceptors (Lipinski definition) is 8. The van der Waals surface area contributed by atoms with Crippen LogP contribution in [-0.2, 0) is 27.1 Å². The zero-order valence-electron chi connectivity index (χ0n) is 22.0. The highest BCUT2D eigenvalue weighted by molar-refractivity contribution is 7.17. The number of aromatic nitrogens is 2. The van der Waals surface area contributed by atoms with Crippen molar-refractivity contribution in [2.45, 2.75) is 33.1 Å². The molecule has 5 rings (SSSR count). The molecule has 1 unspecified atom stereocenters. The van der Waals surface area contributed by atoms with E-state index in [9.17, 15) is 14.4 Å². The third-order valence-corrected chi connectivity index (χ3v) is 7.83. The summed E-state index contributed by atoms with van der Waals surface area (Å²) in [5.74, 6) is 0.300. The van der Waals surface area contributed by atoms with Gasteiger partial charge in [0.15, 0.2) is 6.61 Å². The maximum Gasteiger partial charge on any atom is 0.341 e. The number of nitrogens with zero attached hydrogens (tertiary/aromatic N) is 1. The number of H-pyrrole nitrogens is 1. The molecule has 0 spiro atoms. The Kier molecular flexibility index (Phi) is 7.65. The minimum atomic E-state index is -0.641. The Labute approximate surface area is 229 Å². The molecule has 0 saturated carbocycles. The summed E-state index contributed by atoms with van der Waals surface area (Å²) in [4.78, 5) is 47.0. The molecule has 1 atom stereocenters. The minimum Gasteiger partial charge on any atom is -0.497 e. The Morgan fingerprint density at radius 1 is 1.10 bits per heavy atom. The third-order valence-electron chi connectivity index (χ3n) is 6.66. The van der Waals surface area contributed by atoms with Crippen LogP contribution in [0.15, 0.2) is 42.5 Å². The van der Waals surface area contributed by atoms with Gasteiger partial charge in [-0.05, 0) is 80.1 Å². The molecule has 10 heteroatoms. The molecule has 2 aromatic heterocycles. The van der Waals surface area contributed by atoms with Gasteiger partial charge in [-0.25, -0.2) is 14.6 Å². The molecule has 9 nitrogen and oxygen atoms in total. The van der Waals surface area contributed by atoms with Crippen molar-refractivity contribution in [1.29, 1.82) is 0 Å². The molecule has 1 aliphatic carbocycles. The van der Waals surface area contributed by atoms with E-state index in [0.29, 0.717) is 33.3 Å². The van der Waals surface area contributed by atoms with Gasteiger partial charge in [-0.2, -0.15) is 0 Å². The average Bonchev–Trinajstić information content (AvgIpc) is 3.52. The molecule has 202 valence electrons. The number of ether oxygens (including phenoxy) is 3. The Bertz CT molecular complexity index is 1540. The maximum atomic E-state index is 12.7. The summed E-state index contributed by atoms with van der Waals surface area (Å²) in [6.07, 6.45) is 2.60. The fourth-order valence-corrected chi connectivity index (χ4v) is 6.07. The first-order chi connectivity index (χ1) is 18.9. The van der Waals surface area contributed by atoms with Crippen LogP contribution in [0.25, 0.3) is 22.4 Å². The number of nitrogens with one attached hydrogen (secondary N) is 2. The Balaban J connectivity index is 1.26. The van der Waals surface area contributed by atoms with Gasteiger partial charge in [0.05, 0.1) is 35.9 Å². The molecule has 0 fully saturated rings. The van der Waals surface area contributed by atoms with Gasteiger partial charge < -0.3 is 24.5 Å². The van der Waals surface area contributed by atoms with Crippen LogP contribution in [0.4, 0.5) is 5.00 Å². The van der Waals surface area contributed by atoms with Gasteiger partial charge in [-0.1, -0.05) is 6.92 Å². The zero-order chi connectivity index (χ0) is 27.5. The predicted octanol–water partition coefficient (Wildman–Crippen LogP) is 5.40. The molecule has 1 aliphatic rings. The lowest BCUT2D eigenvalue weighted by Crippen LogP contribution is -2.22. The number of thiophene rings is 1. The number of benzene rings is 2. The molecule has 4 aromatic rings. The van der Waals surface area contributed by atoms with E-state index in [0.717, 1.165) is 41.0 Å². The topological polar surface area (TPSA) is 120 Å². The number of anilines is 1. The highest BCUT2D eigenvalue weighted by atomic mass is 32.1. The standard InChI is InChI=1S/C29H29N3O6S/c1-4-37-29(35)25-20-11-5-16(2)13-23(20)39-27(25)32-24(33)15-38-28(34)18-8-12-21-22(14-18)31-26(30-21)17-6-9-19(36-3)10-7-17/h6-10,12,14,16H,4-5,11,13,15H2,1-3H3,(H,30,31)(H,32,33). The van der Waals surface area contributed by atoms with Crippen LogP contribution >= 0.6 is 11.3 Å². The molecule has 1 amide bonds. The lowest BCUT2D eigenvalue weighted by Gasteiger charge is -2.18. The second-order valence-electron chi connectivity index (χ2n) is 9.45. The van der Waals surface area contributed by atoms with Gasteiger partial charge >= 0.3 is 11.9 Å². The summed E-state index contributed by atoms with van der Waals surface area (Å²) in [5, 5.41) is 3.21. The lowest BCUT2D eigenvalue weighted by atomic mass is 9.88. The molecule has 0 aliphatic heterocycles. The number of methoxy groups -OCH3 is 1. The minimum absolute atomic E-state index is 0.243. The monoisotopic (exact) mass is 547 g/mol. The van der Waals surface area contributed by atoms with Crippen molar-refractivity contribution in [2.75, 3.05) is 25.6 Å². The fourth-order valence-electron chi connectivity index (χ4n) is 4.66. The number of carbonyl (C=O) groups excluding carboxylic acids is 3. The number of rotatable bonds is 8. The smallest absolute Gasteiger partial charge is 0.341 e. The lowest BCUT2D eigenvalue weighted by molar-refractivity contribution is -0.119. The first kappa shape index (κ1) is 26.4. The second-order valence-corrected chi connectivity index (χ2v) is 10.6. The molecular formula is C29H29N3O6S. The summed E-state index contributed by atoms with van der Waals surface area (Å²) in [7, 11) is 1.61. The highest BCUT2D eigenvalue weighted by Crippen LogP contribution is 2.40. The van der Waals surface area contributed by atoms with Crippen molar-refractivity contribution in [2.24, 2.45) is 5.92 Å². The highest BCUT2D eigenvalue weighted by Gasteiger charge is 2.29. The SMILES string of the molecule is CCOC(=O)c1c(NC(=O)COC(=O)c2ccc3nc(-c4ccc(OC)cc4)[nH]c3c2)sc2c1CCC(C)C2. The van der Waals surface area contributed by atoms with Crippen LogP contribution in [0, 0.1) is 5.92 Å². The fraction of sp³-hybridized carbons (Fsp3) is 0.310. The van der Waals surface area contributed by atoms with Crippen molar-refractivity contribution >= 4 is 45.2 Å². The summed E-state index contributed by atoms with van der Waals surface area (Å²) in [5.41, 5.74) is 3.88. The molecule has 2 N–H and O–H groups in total. The first-order valence-electron chi connectivity index (χ1n) is 12.8. The van der Waals surface area contributed by atoms with Crippen LogP contribution in [-0.4, -0.2) is 48.1 Å². The number of esters is 2. The number of carbonyl (C=O) groups is 3. The van der Waals surface area contributed by atoms with E-state index in [2.05, 4.69) is 22.2 Å². The normalized spacial score (nSPS) is 14.5. The van der Waals surface area contributed by atoms with Crippen molar-refractivity contribution in [3.05, 3.63) is 64.0 Å². The van der Waals surface area contributed by atoms with Gasteiger partial charge in [0.1, 0.15) is 16.6 Å². The van der Waals surface area contributed by atoms with E-state index >= 15 is 0 Å². The number of aromatic amines is 1. The number of imidazole rings is 1. The van der Waals surface area contributed by atoms with E-state index in [1.807, 2.05) is 24.3 Å². The molecule has 2 heterocycles. The number of hydrogen-bond donors (Lipinski definition) is 2. The molecule has 39 heavy (non-hydrogen) atoms. The molecule has 0 bridgehead atoms. The largest absolute Gasteiger partial charge is 0.497 e. The second kappa shape index (κ2) is 11.3. The maximum absolute atomic E-state index is 12.7. The van der Waals surface area contributed by atoms with E-state index in [1.54, 1.807) is 32.2 Å². The van der Waals surface area contributed by atoms with Crippen LogP contribution in [0.5, 0.6) is 5.75 Å². The summed E-state index contributed by atoms with van der Waals surface area (Å²) >= 11 is 1.39. The Hall–Kier alpha value is -4.18. The summed E-state index contributed by atoms with van der Waals surface area (Å²) in [6.45, 7) is 3.67. The van der Waals surface area contributed by atoms with Crippen molar-refractivity contribution in [3.8, 4) is 17.1 Å². The quantitative estimate of drug-likeness (QED) is 0.284. The number of fused-ring (bicyclic) bond motifs is 2. The van der Waals surface area contributed by atoms with Crippen molar-refractivity contribution in [1.82, 2.24) is 9.97 Å². The number of amides is 1. The van der Waals surface area contributed by atoms with Gasteiger partial charge in [-0.3, -0.25) is 4.79 Å². The van der Waals surface area contributed by atoms with Crippen LogP contribution < -0.4 is 10.1 Å². The van der Waals surface area contributed by atoms with E-state index in [-0.39, 0.29) is 12.2 Å². The Morgan fingerprint density at radius 3 is 2.64 bits per heavy atom. The van der Waals surface area contributed by atoms with E-state index in [4.69, 9.17) is 14.2 Å². The molecule has 0 saturated heterocycles. The van der Waals surface area contributed by atoms with E-state index < -0.39 is 24.5 Å². The average molecular weight is 548 g/mol. The predicted molar refractivity (Wildman–Crippen MR) is 148 cm³/mol. The molecule has 0 radical (unpaired) electrons. The molecular weight excluding hydrogens is 518 g/mol. The van der Waals surface area contributed by atoms with Crippen LogP contribution in [0.2, 0.25) is 0 Å². The van der Waals surface area contributed by atoms with Gasteiger partial charge in [-0.15, -0.1) is 11.3 Å². The zero-order valence-corrected chi connectivity index (χ0v) is 22.8. The Morgan fingerprint density at radius 2 is 1.90 bits per heavy atom. The summed E-state index contributed by atoms with van der Waals surface area (Å²) < 4.78 is 15.7. The molecule has 2 aromatic carbocycles. The van der Waals surface area contributed by atoms with Crippen molar-refractivity contribution < 1.29 is 28.6 Å². The van der Waals surface area contributed by atoms with Gasteiger partial charge in [0.25, 0.3) is 5.91 Å². The third kappa shape index (κ3) is 5.65. The van der Waals surface area contributed by atoms with E-state index in [1.165, 1.54) is 11.3 Å². The van der Waals surface area contributed by atoms with Crippen LogP contribution in [0.1, 0.15) is 51.4 Å². The van der Waals surface area contributed by atoms with Crippen molar-refractivity contribution in [3.63, 3.8) is 0 Å². The van der Waals surface area contributed by atoms with Gasteiger partial charge in [0, 0.05) is 10.4 Å². The van der Waals surface area contributed by atoms with Crippen LogP contribution in [0.3, 0.4) is 0 Å². The first-order valence-corrected chi connectivity index (χ1v) is 13.6.